The fourth-order valence-electron chi connectivity index (χ4n) is 1.67. The summed E-state index contributed by atoms with van der Waals surface area (Å²) in [4.78, 5) is 0. The maximum Gasteiger partial charge on any atom is 0.209 e. The Labute approximate surface area is 96.7 Å². The minimum absolute atomic E-state index is 0.254. The summed E-state index contributed by atoms with van der Waals surface area (Å²) in [6.07, 6.45) is 1.14. The van der Waals surface area contributed by atoms with Gasteiger partial charge in [-0.1, -0.05) is 17.7 Å². The number of sulfonamides is 1. The predicted octanol–water partition coefficient (Wildman–Crippen LogP) is 1.36. The molecule has 0 unspecified atom stereocenters. The number of nitrogens with one attached hydrogen (secondary N) is 1. The molecule has 0 aliphatic heterocycles. The zero-order chi connectivity index (χ0) is 12.3. The van der Waals surface area contributed by atoms with Crippen LogP contribution in [0, 0.1) is 13.8 Å². The monoisotopic (exact) mass is 243 g/mol. The summed E-state index contributed by atoms with van der Waals surface area (Å²) in [7, 11) is -1.59. The van der Waals surface area contributed by atoms with Crippen molar-refractivity contribution in [2.45, 2.75) is 20.4 Å². The van der Waals surface area contributed by atoms with Crippen molar-refractivity contribution in [1.29, 1.82) is 0 Å². The van der Waals surface area contributed by atoms with Crippen molar-refractivity contribution in [1.82, 2.24) is 4.72 Å². The van der Waals surface area contributed by atoms with Crippen LogP contribution < -0.4 is 9.46 Å². The maximum absolute atomic E-state index is 11.0. The molecule has 1 aromatic rings. The molecule has 0 amide bonds. The molecule has 0 bridgehead atoms. The molecular weight excluding hydrogens is 226 g/mol. The Bertz CT molecular complexity index is 480. The van der Waals surface area contributed by atoms with Crippen molar-refractivity contribution in [3.05, 3.63) is 28.8 Å². The van der Waals surface area contributed by atoms with Crippen molar-refractivity contribution in [3.8, 4) is 5.75 Å². The van der Waals surface area contributed by atoms with Gasteiger partial charge in [0.05, 0.1) is 13.4 Å². The highest BCUT2D eigenvalue weighted by Gasteiger charge is 2.09. The van der Waals surface area contributed by atoms with E-state index >= 15 is 0 Å². The van der Waals surface area contributed by atoms with Crippen molar-refractivity contribution in [3.63, 3.8) is 0 Å². The van der Waals surface area contributed by atoms with Crippen molar-refractivity contribution < 1.29 is 13.2 Å². The van der Waals surface area contributed by atoms with Gasteiger partial charge in [0.2, 0.25) is 10.0 Å². The summed E-state index contributed by atoms with van der Waals surface area (Å²) in [6, 6.07) is 3.92. The number of aryl methyl sites for hydroxylation is 2. The average molecular weight is 243 g/mol. The lowest BCUT2D eigenvalue weighted by atomic mass is 10.1. The molecule has 0 fully saturated rings. The largest absolute Gasteiger partial charge is 0.496 e. The molecular formula is C11H17NO3S. The normalized spacial score (nSPS) is 11.5. The molecule has 0 atom stereocenters. The van der Waals surface area contributed by atoms with E-state index in [4.69, 9.17) is 4.74 Å². The molecule has 4 nitrogen and oxygen atoms in total. The highest BCUT2D eigenvalue weighted by atomic mass is 32.2. The van der Waals surface area contributed by atoms with Crippen molar-refractivity contribution in [2.24, 2.45) is 0 Å². The van der Waals surface area contributed by atoms with Gasteiger partial charge in [-0.3, -0.25) is 0 Å². The van der Waals surface area contributed by atoms with Gasteiger partial charge in [0.25, 0.3) is 0 Å². The highest BCUT2D eigenvalue weighted by molar-refractivity contribution is 7.88. The van der Waals surface area contributed by atoms with E-state index in [1.165, 1.54) is 0 Å². The molecule has 1 aromatic carbocycles. The number of hydrogen-bond donors (Lipinski definition) is 1. The second-order valence-electron chi connectivity index (χ2n) is 3.87. The Morgan fingerprint density at radius 1 is 1.31 bits per heavy atom. The molecule has 0 radical (unpaired) electrons. The summed E-state index contributed by atoms with van der Waals surface area (Å²) in [5.74, 6) is 0.738. The van der Waals surface area contributed by atoms with Gasteiger partial charge in [-0.05, 0) is 19.4 Å². The molecule has 0 saturated heterocycles. The molecule has 0 spiro atoms. The van der Waals surface area contributed by atoms with E-state index in [2.05, 4.69) is 4.72 Å². The zero-order valence-electron chi connectivity index (χ0n) is 9.99. The van der Waals surface area contributed by atoms with Crippen LogP contribution in [-0.2, 0) is 16.6 Å². The van der Waals surface area contributed by atoms with Gasteiger partial charge in [0.1, 0.15) is 5.75 Å². The lowest BCUT2D eigenvalue weighted by Crippen LogP contribution is -2.21. The van der Waals surface area contributed by atoms with Gasteiger partial charge in [-0.25, -0.2) is 13.1 Å². The maximum atomic E-state index is 11.0. The summed E-state index contributed by atoms with van der Waals surface area (Å²) in [5, 5.41) is 0. The Morgan fingerprint density at radius 3 is 2.44 bits per heavy atom. The van der Waals surface area contributed by atoms with Crippen LogP contribution in [-0.4, -0.2) is 21.8 Å². The van der Waals surface area contributed by atoms with Gasteiger partial charge in [-0.15, -0.1) is 0 Å². The summed E-state index contributed by atoms with van der Waals surface area (Å²) in [5.41, 5.74) is 2.95. The minimum Gasteiger partial charge on any atom is -0.496 e. The van der Waals surface area contributed by atoms with Gasteiger partial charge in [0, 0.05) is 12.1 Å². The topological polar surface area (TPSA) is 55.4 Å². The zero-order valence-corrected chi connectivity index (χ0v) is 10.8. The van der Waals surface area contributed by atoms with E-state index in [0.29, 0.717) is 0 Å². The quantitative estimate of drug-likeness (QED) is 0.868. The summed E-state index contributed by atoms with van der Waals surface area (Å²) in [6.45, 7) is 4.16. The van der Waals surface area contributed by atoms with Crippen LogP contribution in [0.3, 0.4) is 0 Å². The van der Waals surface area contributed by atoms with Crippen molar-refractivity contribution >= 4 is 10.0 Å². The van der Waals surface area contributed by atoms with E-state index in [-0.39, 0.29) is 6.54 Å². The van der Waals surface area contributed by atoms with Gasteiger partial charge >= 0.3 is 0 Å². The molecule has 16 heavy (non-hydrogen) atoms. The van der Waals surface area contributed by atoms with E-state index in [0.717, 1.165) is 28.7 Å². The molecule has 5 heteroatoms. The lowest BCUT2D eigenvalue weighted by Gasteiger charge is -2.12. The molecule has 1 N–H and O–H groups in total. The van der Waals surface area contributed by atoms with Crippen LogP contribution in [0.5, 0.6) is 5.75 Å². The van der Waals surface area contributed by atoms with E-state index < -0.39 is 10.0 Å². The van der Waals surface area contributed by atoms with Gasteiger partial charge < -0.3 is 4.74 Å². The fraction of sp³-hybridized carbons (Fsp3) is 0.455. The number of rotatable bonds is 4. The van der Waals surface area contributed by atoms with E-state index in [9.17, 15) is 8.42 Å². The first-order valence-corrected chi connectivity index (χ1v) is 6.81. The molecule has 0 aliphatic rings. The Hall–Kier alpha value is -1.07. The smallest absolute Gasteiger partial charge is 0.209 e. The third-order valence-electron chi connectivity index (χ3n) is 2.22. The number of ether oxygens (including phenoxy) is 1. The lowest BCUT2D eigenvalue weighted by molar-refractivity contribution is 0.406. The van der Waals surface area contributed by atoms with Gasteiger partial charge in [-0.2, -0.15) is 0 Å². The minimum atomic E-state index is -3.18. The Morgan fingerprint density at radius 2 is 1.94 bits per heavy atom. The fourth-order valence-corrected chi connectivity index (χ4v) is 2.09. The number of methoxy groups -OCH3 is 1. The standard InChI is InChI=1S/C11H17NO3S/c1-8-5-9(2)11(15-3)10(6-8)7-12-16(4,13)14/h5-6,12H,7H2,1-4H3. The van der Waals surface area contributed by atoms with Crippen molar-refractivity contribution in [2.75, 3.05) is 13.4 Å². The van der Waals surface area contributed by atoms with Crippen LogP contribution in [0.25, 0.3) is 0 Å². The number of hydrogen-bond acceptors (Lipinski definition) is 3. The second-order valence-corrected chi connectivity index (χ2v) is 5.70. The highest BCUT2D eigenvalue weighted by Crippen LogP contribution is 2.24. The third kappa shape index (κ3) is 3.50. The van der Waals surface area contributed by atoms with Crippen LogP contribution in [0.1, 0.15) is 16.7 Å². The second kappa shape index (κ2) is 4.84. The first-order valence-electron chi connectivity index (χ1n) is 4.92. The van der Waals surface area contributed by atoms with E-state index in [1.807, 2.05) is 26.0 Å². The number of benzene rings is 1. The van der Waals surface area contributed by atoms with Crippen LogP contribution in [0.2, 0.25) is 0 Å². The average Bonchev–Trinajstić information content (AvgIpc) is 2.12. The summed E-state index contributed by atoms with van der Waals surface area (Å²) >= 11 is 0. The molecule has 1 rings (SSSR count). The third-order valence-corrected chi connectivity index (χ3v) is 2.89. The first kappa shape index (κ1) is 13.0. The van der Waals surface area contributed by atoms with E-state index in [1.54, 1.807) is 7.11 Å². The molecule has 0 saturated carbocycles. The Kier molecular flexibility index (Phi) is 3.93. The Balaban J connectivity index is 3.03. The molecule has 0 aromatic heterocycles. The van der Waals surface area contributed by atoms with Gasteiger partial charge in [0.15, 0.2) is 0 Å². The van der Waals surface area contributed by atoms with Crippen LogP contribution >= 0.6 is 0 Å². The van der Waals surface area contributed by atoms with Crippen LogP contribution in [0.15, 0.2) is 12.1 Å². The first-order chi connectivity index (χ1) is 7.33. The molecule has 90 valence electrons. The SMILES string of the molecule is COc1c(C)cc(C)cc1CNS(C)(=O)=O. The van der Waals surface area contributed by atoms with Crippen LogP contribution in [0.4, 0.5) is 0 Å². The predicted molar refractivity (Wildman–Crippen MR) is 64.2 cm³/mol. The summed E-state index contributed by atoms with van der Waals surface area (Å²) < 4.78 is 29.8. The molecule has 0 aliphatic carbocycles. The molecule has 0 heterocycles.